The number of hydrogen-bond acceptors (Lipinski definition) is 4. The molecule has 0 atom stereocenters. The molecule has 122 valence electrons. The normalized spacial score (nSPS) is 15.8. The standard InChI is InChI=1S/C17H20FN3OS/c1-2-16-19-15(12-23-16)11-20-7-9-21(10-8-20)17(22)13-3-5-14(18)6-4-13/h3-6,12H,2,7-11H2,1H3. The van der Waals surface area contributed by atoms with Gasteiger partial charge in [0.25, 0.3) is 5.91 Å². The van der Waals surface area contributed by atoms with Crippen LogP contribution in [-0.4, -0.2) is 46.9 Å². The Morgan fingerprint density at radius 1 is 1.22 bits per heavy atom. The van der Waals surface area contributed by atoms with Crippen LogP contribution in [0.5, 0.6) is 0 Å². The minimum Gasteiger partial charge on any atom is -0.336 e. The van der Waals surface area contributed by atoms with Gasteiger partial charge in [-0.05, 0) is 30.7 Å². The molecule has 1 saturated heterocycles. The summed E-state index contributed by atoms with van der Waals surface area (Å²) in [5.74, 6) is -0.340. The number of carbonyl (C=O) groups excluding carboxylic acids is 1. The second-order valence-corrected chi connectivity index (χ2v) is 6.60. The van der Waals surface area contributed by atoms with E-state index < -0.39 is 0 Å². The van der Waals surface area contributed by atoms with E-state index in [1.807, 2.05) is 4.90 Å². The summed E-state index contributed by atoms with van der Waals surface area (Å²) >= 11 is 1.71. The average Bonchev–Trinajstić information content (AvgIpc) is 3.03. The number of benzene rings is 1. The molecule has 0 radical (unpaired) electrons. The van der Waals surface area contributed by atoms with Crippen LogP contribution in [0.4, 0.5) is 4.39 Å². The summed E-state index contributed by atoms with van der Waals surface area (Å²) in [6.07, 6.45) is 0.977. The predicted octanol–water partition coefficient (Wildman–Crippen LogP) is 2.80. The molecule has 2 aromatic rings. The monoisotopic (exact) mass is 333 g/mol. The summed E-state index contributed by atoms with van der Waals surface area (Å²) in [5.41, 5.74) is 1.66. The first-order valence-electron chi connectivity index (χ1n) is 7.86. The SMILES string of the molecule is CCc1nc(CN2CCN(C(=O)c3ccc(F)cc3)CC2)cs1. The number of carbonyl (C=O) groups is 1. The average molecular weight is 333 g/mol. The Kier molecular flexibility index (Phi) is 5.03. The van der Waals surface area contributed by atoms with Crippen LogP contribution in [0.3, 0.4) is 0 Å². The lowest BCUT2D eigenvalue weighted by molar-refractivity contribution is 0.0627. The van der Waals surface area contributed by atoms with Crippen LogP contribution in [0.25, 0.3) is 0 Å². The smallest absolute Gasteiger partial charge is 0.253 e. The molecular weight excluding hydrogens is 313 g/mol. The fraction of sp³-hybridized carbons (Fsp3) is 0.412. The summed E-state index contributed by atoms with van der Waals surface area (Å²) in [7, 11) is 0. The molecule has 1 amide bonds. The molecular formula is C17H20FN3OS. The van der Waals surface area contributed by atoms with E-state index >= 15 is 0 Å². The number of rotatable bonds is 4. The summed E-state index contributed by atoms with van der Waals surface area (Å²) in [4.78, 5) is 21.1. The first-order chi connectivity index (χ1) is 11.2. The molecule has 1 fully saturated rings. The van der Waals surface area contributed by atoms with Crippen molar-refractivity contribution < 1.29 is 9.18 Å². The number of aryl methyl sites for hydroxylation is 1. The number of amides is 1. The molecule has 1 aliphatic rings. The summed E-state index contributed by atoms with van der Waals surface area (Å²) in [5, 5.41) is 3.29. The summed E-state index contributed by atoms with van der Waals surface area (Å²) in [6.45, 7) is 6.03. The Hall–Kier alpha value is -1.79. The number of hydrogen-bond donors (Lipinski definition) is 0. The van der Waals surface area contributed by atoms with E-state index in [4.69, 9.17) is 0 Å². The van der Waals surface area contributed by atoms with Crippen LogP contribution in [0, 0.1) is 5.82 Å². The lowest BCUT2D eigenvalue weighted by atomic mass is 10.1. The fourth-order valence-corrected chi connectivity index (χ4v) is 3.43. The van der Waals surface area contributed by atoms with Crippen LogP contribution in [0.2, 0.25) is 0 Å². The van der Waals surface area contributed by atoms with Gasteiger partial charge in [0.15, 0.2) is 0 Å². The van der Waals surface area contributed by atoms with E-state index in [2.05, 4.69) is 22.2 Å². The van der Waals surface area contributed by atoms with Crippen molar-refractivity contribution in [3.63, 3.8) is 0 Å². The van der Waals surface area contributed by atoms with Crippen molar-refractivity contribution in [1.82, 2.24) is 14.8 Å². The highest BCUT2D eigenvalue weighted by atomic mass is 32.1. The van der Waals surface area contributed by atoms with Gasteiger partial charge in [0.2, 0.25) is 0 Å². The summed E-state index contributed by atoms with van der Waals surface area (Å²) in [6, 6.07) is 5.76. The van der Waals surface area contributed by atoms with E-state index in [0.29, 0.717) is 18.7 Å². The second kappa shape index (κ2) is 7.19. The van der Waals surface area contributed by atoms with Gasteiger partial charge in [0.1, 0.15) is 5.82 Å². The Morgan fingerprint density at radius 3 is 2.52 bits per heavy atom. The molecule has 1 aromatic carbocycles. The summed E-state index contributed by atoms with van der Waals surface area (Å²) < 4.78 is 12.9. The van der Waals surface area contributed by atoms with Gasteiger partial charge < -0.3 is 4.90 Å². The molecule has 1 aliphatic heterocycles. The first kappa shape index (κ1) is 16.1. The van der Waals surface area contributed by atoms with E-state index in [1.54, 1.807) is 23.5 Å². The van der Waals surface area contributed by atoms with Crippen molar-refractivity contribution >= 4 is 17.2 Å². The number of nitrogens with zero attached hydrogens (tertiary/aromatic N) is 3. The third-order valence-electron chi connectivity index (χ3n) is 4.04. The minimum absolute atomic E-state index is 0.0217. The minimum atomic E-state index is -0.318. The quantitative estimate of drug-likeness (QED) is 0.863. The van der Waals surface area contributed by atoms with Gasteiger partial charge >= 0.3 is 0 Å². The topological polar surface area (TPSA) is 36.4 Å². The highest BCUT2D eigenvalue weighted by Gasteiger charge is 2.22. The molecule has 23 heavy (non-hydrogen) atoms. The molecule has 0 bridgehead atoms. The molecule has 1 aromatic heterocycles. The molecule has 6 heteroatoms. The maximum atomic E-state index is 12.9. The van der Waals surface area contributed by atoms with Gasteiger partial charge in [-0.2, -0.15) is 0 Å². The molecule has 0 saturated carbocycles. The molecule has 3 rings (SSSR count). The van der Waals surface area contributed by atoms with Crippen LogP contribution >= 0.6 is 11.3 Å². The Labute approximate surface area is 139 Å². The molecule has 2 heterocycles. The second-order valence-electron chi connectivity index (χ2n) is 5.66. The Balaban J connectivity index is 1.53. The van der Waals surface area contributed by atoms with E-state index in [0.717, 1.165) is 31.7 Å². The Bertz CT molecular complexity index is 663. The maximum Gasteiger partial charge on any atom is 0.253 e. The third-order valence-corrected chi connectivity index (χ3v) is 5.08. The van der Waals surface area contributed by atoms with Crippen molar-refractivity contribution in [3.05, 3.63) is 51.7 Å². The predicted molar refractivity (Wildman–Crippen MR) is 89.1 cm³/mol. The van der Waals surface area contributed by atoms with Crippen molar-refractivity contribution in [2.75, 3.05) is 26.2 Å². The molecule has 0 spiro atoms. The van der Waals surface area contributed by atoms with Gasteiger partial charge in [-0.1, -0.05) is 6.92 Å². The van der Waals surface area contributed by atoms with Crippen molar-refractivity contribution in [2.45, 2.75) is 19.9 Å². The highest BCUT2D eigenvalue weighted by molar-refractivity contribution is 7.09. The zero-order valence-electron chi connectivity index (χ0n) is 13.2. The van der Waals surface area contributed by atoms with Crippen LogP contribution in [0.1, 0.15) is 28.0 Å². The van der Waals surface area contributed by atoms with Crippen molar-refractivity contribution in [3.8, 4) is 0 Å². The van der Waals surface area contributed by atoms with Gasteiger partial charge in [-0.3, -0.25) is 9.69 Å². The van der Waals surface area contributed by atoms with E-state index in [9.17, 15) is 9.18 Å². The van der Waals surface area contributed by atoms with E-state index in [-0.39, 0.29) is 11.7 Å². The van der Waals surface area contributed by atoms with Crippen LogP contribution < -0.4 is 0 Å². The molecule has 0 N–H and O–H groups in total. The molecule has 0 aliphatic carbocycles. The van der Waals surface area contributed by atoms with Crippen LogP contribution in [-0.2, 0) is 13.0 Å². The lowest BCUT2D eigenvalue weighted by Crippen LogP contribution is -2.48. The van der Waals surface area contributed by atoms with E-state index in [1.165, 1.54) is 17.1 Å². The van der Waals surface area contributed by atoms with Crippen molar-refractivity contribution in [2.24, 2.45) is 0 Å². The molecule has 0 unspecified atom stereocenters. The lowest BCUT2D eigenvalue weighted by Gasteiger charge is -2.34. The van der Waals surface area contributed by atoms with Gasteiger partial charge in [0, 0.05) is 43.7 Å². The third kappa shape index (κ3) is 3.95. The number of halogens is 1. The Morgan fingerprint density at radius 2 is 1.91 bits per heavy atom. The zero-order valence-corrected chi connectivity index (χ0v) is 14.0. The highest BCUT2D eigenvalue weighted by Crippen LogP contribution is 2.15. The van der Waals surface area contributed by atoms with Crippen molar-refractivity contribution in [1.29, 1.82) is 0 Å². The number of thiazole rings is 1. The van der Waals surface area contributed by atoms with Crippen LogP contribution in [0.15, 0.2) is 29.6 Å². The van der Waals surface area contributed by atoms with Gasteiger partial charge in [0.05, 0.1) is 10.7 Å². The van der Waals surface area contributed by atoms with Gasteiger partial charge in [-0.15, -0.1) is 11.3 Å². The largest absolute Gasteiger partial charge is 0.336 e. The number of piperazine rings is 1. The maximum absolute atomic E-state index is 12.9. The fourth-order valence-electron chi connectivity index (χ4n) is 2.70. The van der Waals surface area contributed by atoms with Gasteiger partial charge in [-0.25, -0.2) is 9.37 Å². The molecule has 4 nitrogen and oxygen atoms in total. The zero-order chi connectivity index (χ0) is 16.2. The first-order valence-corrected chi connectivity index (χ1v) is 8.74. The number of aromatic nitrogens is 1.